The van der Waals surface area contributed by atoms with E-state index in [1.807, 2.05) is 13.8 Å². The molecule has 1 fully saturated rings. The minimum atomic E-state index is -0.728. The first-order valence-corrected chi connectivity index (χ1v) is 6.22. The molecule has 0 saturated heterocycles. The van der Waals surface area contributed by atoms with Gasteiger partial charge in [-0.25, -0.2) is 0 Å². The molecule has 2 aliphatic rings. The smallest absolute Gasteiger partial charge is 0.320 e. The van der Waals surface area contributed by atoms with Crippen molar-refractivity contribution in [2.24, 2.45) is 23.7 Å². The summed E-state index contributed by atoms with van der Waals surface area (Å²) in [4.78, 5) is 11.0. The summed E-state index contributed by atoms with van der Waals surface area (Å²) in [5.74, 6) is 1.52. The molecule has 2 bridgehead atoms. The van der Waals surface area contributed by atoms with Crippen molar-refractivity contribution in [1.29, 1.82) is 0 Å². The number of rotatable bonds is 5. The van der Waals surface area contributed by atoms with Crippen LogP contribution in [0.2, 0.25) is 0 Å². The van der Waals surface area contributed by atoms with Gasteiger partial charge in [0.05, 0.1) is 0 Å². The van der Waals surface area contributed by atoms with E-state index in [0.717, 1.165) is 12.5 Å². The number of carbonyl (C=O) groups is 1. The molecule has 0 aromatic heterocycles. The van der Waals surface area contributed by atoms with Crippen LogP contribution in [0.1, 0.15) is 26.7 Å². The minimum absolute atomic E-state index is 0.145. The van der Waals surface area contributed by atoms with Gasteiger partial charge in [-0.05, 0) is 43.1 Å². The lowest BCUT2D eigenvalue weighted by Gasteiger charge is -2.23. The number of carboxylic acid groups (broad SMARTS) is 1. The van der Waals surface area contributed by atoms with Gasteiger partial charge in [-0.1, -0.05) is 26.0 Å². The van der Waals surface area contributed by atoms with E-state index in [9.17, 15) is 4.79 Å². The van der Waals surface area contributed by atoms with E-state index in [1.165, 1.54) is 12.8 Å². The molecule has 2 rings (SSSR count). The van der Waals surface area contributed by atoms with E-state index in [4.69, 9.17) is 5.11 Å². The lowest BCUT2D eigenvalue weighted by Crippen LogP contribution is -2.43. The molecule has 0 spiro atoms. The van der Waals surface area contributed by atoms with Crippen LogP contribution in [0.5, 0.6) is 0 Å². The molecule has 4 unspecified atom stereocenters. The largest absolute Gasteiger partial charge is 0.480 e. The monoisotopic (exact) mass is 223 g/mol. The Kier molecular flexibility index (Phi) is 3.33. The summed E-state index contributed by atoms with van der Waals surface area (Å²) in [5, 5.41) is 12.3. The zero-order valence-corrected chi connectivity index (χ0v) is 10.0. The summed E-state index contributed by atoms with van der Waals surface area (Å²) in [6.07, 6.45) is 7.15. The Labute approximate surface area is 96.9 Å². The van der Waals surface area contributed by atoms with Crippen LogP contribution < -0.4 is 5.32 Å². The molecule has 0 amide bonds. The second kappa shape index (κ2) is 4.58. The van der Waals surface area contributed by atoms with E-state index < -0.39 is 12.0 Å². The first-order valence-electron chi connectivity index (χ1n) is 6.22. The number of allylic oxidation sites excluding steroid dienone is 2. The second-order valence-electron chi connectivity index (χ2n) is 5.51. The molecule has 0 heterocycles. The highest BCUT2D eigenvalue weighted by molar-refractivity contribution is 5.73. The number of hydrogen-bond donors (Lipinski definition) is 2. The predicted molar refractivity (Wildman–Crippen MR) is 63.1 cm³/mol. The lowest BCUT2D eigenvalue weighted by molar-refractivity contribution is -0.140. The minimum Gasteiger partial charge on any atom is -0.480 e. The van der Waals surface area contributed by atoms with Crippen LogP contribution in [0, 0.1) is 23.7 Å². The van der Waals surface area contributed by atoms with Gasteiger partial charge in [-0.2, -0.15) is 0 Å². The quantitative estimate of drug-likeness (QED) is 0.700. The maximum atomic E-state index is 11.0. The summed E-state index contributed by atoms with van der Waals surface area (Å²) in [5.41, 5.74) is 0. The zero-order valence-electron chi connectivity index (χ0n) is 10.0. The molecule has 3 nitrogen and oxygen atoms in total. The Balaban J connectivity index is 1.82. The molecule has 2 aliphatic carbocycles. The summed E-state index contributed by atoms with van der Waals surface area (Å²) >= 11 is 0. The van der Waals surface area contributed by atoms with Crippen molar-refractivity contribution in [1.82, 2.24) is 5.32 Å². The third-order valence-corrected chi connectivity index (χ3v) is 3.95. The number of fused-ring (bicyclic) bond motifs is 2. The lowest BCUT2D eigenvalue weighted by atomic mass is 9.93. The summed E-state index contributed by atoms with van der Waals surface area (Å²) in [6.45, 7) is 4.75. The first kappa shape index (κ1) is 11.6. The van der Waals surface area contributed by atoms with Gasteiger partial charge < -0.3 is 10.4 Å². The van der Waals surface area contributed by atoms with Gasteiger partial charge in [0.25, 0.3) is 0 Å². The molecule has 0 aromatic carbocycles. The van der Waals surface area contributed by atoms with E-state index >= 15 is 0 Å². The Morgan fingerprint density at radius 1 is 1.44 bits per heavy atom. The van der Waals surface area contributed by atoms with Gasteiger partial charge in [-0.3, -0.25) is 4.79 Å². The van der Waals surface area contributed by atoms with Crippen molar-refractivity contribution in [3.8, 4) is 0 Å². The fourth-order valence-corrected chi connectivity index (χ4v) is 3.02. The molecule has 16 heavy (non-hydrogen) atoms. The van der Waals surface area contributed by atoms with E-state index in [0.29, 0.717) is 11.8 Å². The Hall–Kier alpha value is -0.830. The van der Waals surface area contributed by atoms with Crippen molar-refractivity contribution in [3.63, 3.8) is 0 Å². The average molecular weight is 223 g/mol. The second-order valence-corrected chi connectivity index (χ2v) is 5.51. The summed E-state index contributed by atoms with van der Waals surface area (Å²) in [6, 6.07) is -0.400. The molecule has 90 valence electrons. The summed E-state index contributed by atoms with van der Waals surface area (Å²) < 4.78 is 0. The zero-order chi connectivity index (χ0) is 11.7. The van der Waals surface area contributed by atoms with Crippen molar-refractivity contribution in [2.45, 2.75) is 32.7 Å². The number of aliphatic carboxylic acids is 1. The Morgan fingerprint density at radius 2 is 2.19 bits per heavy atom. The number of carboxylic acids is 1. The van der Waals surface area contributed by atoms with Gasteiger partial charge in [0.15, 0.2) is 0 Å². The molecule has 0 aromatic rings. The molecule has 1 saturated carbocycles. The van der Waals surface area contributed by atoms with Crippen LogP contribution in [-0.4, -0.2) is 23.7 Å². The molecular weight excluding hydrogens is 202 g/mol. The van der Waals surface area contributed by atoms with Gasteiger partial charge in [0.1, 0.15) is 6.04 Å². The predicted octanol–water partition coefficient (Wildman–Crippen LogP) is 1.90. The van der Waals surface area contributed by atoms with Gasteiger partial charge >= 0.3 is 5.97 Å². The SMILES string of the molecule is CC(C)C(NCC1CC2C=CC1C2)C(=O)O. The normalized spacial score (nSPS) is 33.6. The fourth-order valence-electron chi connectivity index (χ4n) is 3.02. The summed E-state index contributed by atoms with van der Waals surface area (Å²) in [7, 11) is 0. The Morgan fingerprint density at radius 3 is 2.62 bits per heavy atom. The average Bonchev–Trinajstić information content (AvgIpc) is 2.77. The highest BCUT2D eigenvalue weighted by Gasteiger charge is 2.36. The highest BCUT2D eigenvalue weighted by Crippen LogP contribution is 2.42. The molecule has 2 N–H and O–H groups in total. The van der Waals surface area contributed by atoms with Crippen LogP contribution in [0.15, 0.2) is 12.2 Å². The molecule has 4 atom stereocenters. The van der Waals surface area contributed by atoms with Crippen LogP contribution in [0.3, 0.4) is 0 Å². The maximum absolute atomic E-state index is 11.0. The number of nitrogens with one attached hydrogen (secondary N) is 1. The standard InChI is InChI=1S/C13H21NO2/c1-8(2)12(13(15)16)14-7-11-6-9-3-4-10(11)5-9/h3-4,8-12,14H,5-7H2,1-2H3,(H,15,16). The van der Waals surface area contributed by atoms with Crippen molar-refractivity contribution in [3.05, 3.63) is 12.2 Å². The Bertz CT molecular complexity index is 298. The van der Waals surface area contributed by atoms with Gasteiger partial charge in [-0.15, -0.1) is 0 Å². The number of hydrogen-bond acceptors (Lipinski definition) is 2. The molecule has 0 radical (unpaired) electrons. The van der Waals surface area contributed by atoms with Crippen LogP contribution >= 0.6 is 0 Å². The van der Waals surface area contributed by atoms with E-state index in [-0.39, 0.29) is 5.92 Å². The third kappa shape index (κ3) is 2.29. The third-order valence-electron chi connectivity index (χ3n) is 3.95. The van der Waals surface area contributed by atoms with Crippen LogP contribution in [0.4, 0.5) is 0 Å². The van der Waals surface area contributed by atoms with Crippen LogP contribution in [-0.2, 0) is 4.79 Å². The maximum Gasteiger partial charge on any atom is 0.320 e. The van der Waals surface area contributed by atoms with Gasteiger partial charge in [0, 0.05) is 0 Å². The van der Waals surface area contributed by atoms with Crippen molar-refractivity contribution in [2.75, 3.05) is 6.54 Å². The van der Waals surface area contributed by atoms with Crippen molar-refractivity contribution >= 4 is 5.97 Å². The highest BCUT2D eigenvalue weighted by atomic mass is 16.4. The topological polar surface area (TPSA) is 49.3 Å². The van der Waals surface area contributed by atoms with E-state index in [2.05, 4.69) is 17.5 Å². The molecule has 0 aliphatic heterocycles. The van der Waals surface area contributed by atoms with E-state index in [1.54, 1.807) is 0 Å². The fraction of sp³-hybridized carbons (Fsp3) is 0.769. The van der Waals surface area contributed by atoms with Gasteiger partial charge in [0.2, 0.25) is 0 Å². The van der Waals surface area contributed by atoms with Crippen LogP contribution in [0.25, 0.3) is 0 Å². The van der Waals surface area contributed by atoms with Crippen molar-refractivity contribution < 1.29 is 9.90 Å². The molecule has 3 heteroatoms. The molecular formula is C13H21NO2. The first-order chi connectivity index (χ1) is 7.58.